The van der Waals surface area contributed by atoms with Gasteiger partial charge in [0.2, 0.25) is 5.28 Å². The Kier molecular flexibility index (Phi) is 3.97. The second kappa shape index (κ2) is 5.48. The van der Waals surface area contributed by atoms with Gasteiger partial charge in [0.25, 0.3) is 0 Å². The molecular weight excluding hydrogens is 253 g/mol. The Morgan fingerprint density at radius 3 is 2.72 bits per heavy atom. The van der Waals surface area contributed by atoms with Crippen molar-refractivity contribution in [1.82, 2.24) is 14.8 Å². The minimum absolute atomic E-state index is 0.213. The first-order valence-electron chi connectivity index (χ1n) is 5.98. The van der Waals surface area contributed by atoms with Gasteiger partial charge in [0.15, 0.2) is 0 Å². The smallest absolute Gasteiger partial charge is 0.225 e. The molecule has 1 unspecified atom stereocenters. The van der Waals surface area contributed by atoms with Crippen molar-refractivity contribution >= 4 is 11.6 Å². The zero-order valence-electron chi connectivity index (χ0n) is 10.4. The molecule has 96 valence electrons. The average Bonchev–Trinajstić information content (AvgIpc) is 2.71. The normalized spacial score (nSPS) is 12.7. The molecule has 5 heteroatoms. The van der Waals surface area contributed by atoms with Crippen LogP contribution in [0.5, 0.6) is 0 Å². The summed E-state index contributed by atoms with van der Waals surface area (Å²) in [5.41, 5.74) is 0.594. The predicted molar refractivity (Wildman–Crippen MR) is 69.2 cm³/mol. The first-order valence-corrected chi connectivity index (χ1v) is 6.36. The summed E-state index contributed by atoms with van der Waals surface area (Å²) in [5.74, 6) is 0.551. The van der Waals surface area contributed by atoms with Gasteiger partial charge < -0.3 is 0 Å². The van der Waals surface area contributed by atoms with Gasteiger partial charge in [0.05, 0.1) is 6.04 Å². The van der Waals surface area contributed by atoms with Crippen LogP contribution >= 0.6 is 11.6 Å². The fourth-order valence-electron chi connectivity index (χ4n) is 2.03. The average molecular weight is 268 g/mol. The number of halogens is 2. The molecule has 0 bridgehead atoms. The molecule has 2 aromatic rings. The van der Waals surface area contributed by atoms with E-state index in [1.807, 2.05) is 13.0 Å². The van der Waals surface area contributed by atoms with Gasteiger partial charge >= 0.3 is 0 Å². The molecule has 0 saturated heterocycles. The lowest BCUT2D eigenvalue weighted by Gasteiger charge is -2.17. The highest BCUT2D eigenvalue weighted by Gasteiger charge is 2.19. The number of aromatic nitrogens is 3. The molecule has 0 aliphatic rings. The Labute approximate surface area is 111 Å². The molecule has 0 N–H and O–H groups in total. The highest BCUT2D eigenvalue weighted by Crippen LogP contribution is 2.25. The predicted octanol–water partition coefficient (Wildman–Crippen LogP) is 3.63. The fraction of sp³-hybridized carbons (Fsp3) is 0.385. The van der Waals surface area contributed by atoms with Crippen LogP contribution in [0.15, 0.2) is 24.3 Å². The third-order valence-corrected chi connectivity index (χ3v) is 3.20. The van der Waals surface area contributed by atoms with Crippen molar-refractivity contribution in [3.8, 4) is 0 Å². The van der Waals surface area contributed by atoms with Crippen molar-refractivity contribution in [2.24, 2.45) is 0 Å². The second-order valence-electron chi connectivity index (χ2n) is 4.20. The van der Waals surface area contributed by atoms with Crippen molar-refractivity contribution in [2.75, 3.05) is 0 Å². The number of hydrogen-bond donors (Lipinski definition) is 0. The third-order valence-electron chi connectivity index (χ3n) is 2.94. The van der Waals surface area contributed by atoms with E-state index in [0.29, 0.717) is 10.8 Å². The standard InChI is InChI=1S/C13H15ClFN3/c1-3-6-12-16-17-13(14)18(12)9(2)10-7-4-5-8-11(10)15/h4-5,7-9H,3,6H2,1-2H3. The van der Waals surface area contributed by atoms with E-state index in [1.54, 1.807) is 16.7 Å². The van der Waals surface area contributed by atoms with Crippen molar-refractivity contribution in [3.05, 3.63) is 46.8 Å². The molecule has 1 atom stereocenters. The zero-order valence-corrected chi connectivity index (χ0v) is 11.2. The summed E-state index contributed by atoms with van der Waals surface area (Å²) in [4.78, 5) is 0. The van der Waals surface area contributed by atoms with Crippen LogP contribution in [0, 0.1) is 5.82 Å². The van der Waals surface area contributed by atoms with Gasteiger partial charge in [0.1, 0.15) is 11.6 Å². The van der Waals surface area contributed by atoms with Gasteiger partial charge in [0, 0.05) is 12.0 Å². The zero-order chi connectivity index (χ0) is 13.1. The summed E-state index contributed by atoms with van der Waals surface area (Å²) in [7, 11) is 0. The maximum atomic E-state index is 13.8. The lowest BCUT2D eigenvalue weighted by Crippen LogP contribution is -2.12. The van der Waals surface area contributed by atoms with Gasteiger partial charge in [-0.25, -0.2) is 4.39 Å². The first-order chi connectivity index (χ1) is 8.65. The van der Waals surface area contributed by atoms with Crippen LogP contribution in [0.25, 0.3) is 0 Å². The van der Waals surface area contributed by atoms with E-state index in [2.05, 4.69) is 17.1 Å². The molecular formula is C13H15ClFN3. The lowest BCUT2D eigenvalue weighted by molar-refractivity contribution is 0.541. The summed E-state index contributed by atoms with van der Waals surface area (Å²) in [5, 5.41) is 8.21. The van der Waals surface area contributed by atoms with Crippen LogP contribution in [0.2, 0.25) is 5.28 Å². The summed E-state index contributed by atoms with van der Waals surface area (Å²) < 4.78 is 15.6. The molecule has 1 heterocycles. The van der Waals surface area contributed by atoms with Crippen molar-refractivity contribution in [2.45, 2.75) is 32.7 Å². The highest BCUT2D eigenvalue weighted by atomic mass is 35.5. The van der Waals surface area contributed by atoms with E-state index < -0.39 is 0 Å². The van der Waals surface area contributed by atoms with Crippen LogP contribution in [-0.4, -0.2) is 14.8 Å². The van der Waals surface area contributed by atoms with E-state index >= 15 is 0 Å². The van der Waals surface area contributed by atoms with Crippen LogP contribution in [-0.2, 0) is 6.42 Å². The Hall–Kier alpha value is -1.42. The Balaban J connectivity index is 2.42. The SMILES string of the molecule is CCCc1nnc(Cl)n1C(C)c1ccccc1F. The van der Waals surface area contributed by atoms with Gasteiger partial charge in [-0.1, -0.05) is 25.1 Å². The summed E-state index contributed by atoms with van der Waals surface area (Å²) in [6.07, 6.45) is 1.72. The van der Waals surface area contributed by atoms with E-state index in [1.165, 1.54) is 6.07 Å². The molecule has 0 saturated carbocycles. The van der Waals surface area contributed by atoms with E-state index in [9.17, 15) is 4.39 Å². The molecule has 0 spiro atoms. The van der Waals surface area contributed by atoms with Crippen molar-refractivity contribution in [1.29, 1.82) is 0 Å². The van der Waals surface area contributed by atoms with Crippen molar-refractivity contribution < 1.29 is 4.39 Å². The minimum Gasteiger partial charge on any atom is -0.294 e. The topological polar surface area (TPSA) is 30.7 Å². The first kappa shape index (κ1) is 13.0. The maximum Gasteiger partial charge on any atom is 0.225 e. The van der Waals surface area contributed by atoms with E-state index in [4.69, 9.17) is 11.6 Å². The molecule has 1 aromatic carbocycles. The van der Waals surface area contributed by atoms with Gasteiger partial charge in [-0.2, -0.15) is 0 Å². The molecule has 2 rings (SSSR count). The third kappa shape index (κ3) is 2.38. The number of hydrogen-bond acceptors (Lipinski definition) is 2. The van der Waals surface area contributed by atoms with Crippen LogP contribution in [0.3, 0.4) is 0 Å². The molecule has 1 aromatic heterocycles. The molecule has 0 radical (unpaired) electrons. The van der Waals surface area contributed by atoms with Gasteiger partial charge in [-0.15, -0.1) is 10.2 Å². The molecule has 0 amide bonds. The van der Waals surface area contributed by atoms with Gasteiger partial charge in [-0.3, -0.25) is 4.57 Å². The largest absolute Gasteiger partial charge is 0.294 e. The number of benzene rings is 1. The molecule has 18 heavy (non-hydrogen) atoms. The fourth-order valence-corrected chi connectivity index (χ4v) is 2.31. The monoisotopic (exact) mass is 267 g/mol. The van der Waals surface area contributed by atoms with Gasteiger partial charge in [-0.05, 0) is 31.0 Å². The molecule has 0 aliphatic carbocycles. The van der Waals surface area contributed by atoms with Crippen LogP contribution < -0.4 is 0 Å². The van der Waals surface area contributed by atoms with Crippen LogP contribution in [0.1, 0.15) is 37.7 Å². The second-order valence-corrected chi connectivity index (χ2v) is 4.54. The Morgan fingerprint density at radius 1 is 1.33 bits per heavy atom. The minimum atomic E-state index is -0.239. The molecule has 0 fully saturated rings. The van der Waals surface area contributed by atoms with Crippen molar-refractivity contribution in [3.63, 3.8) is 0 Å². The Bertz CT molecular complexity index is 539. The van der Waals surface area contributed by atoms with E-state index in [0.717, 1.165) is 18.7 Å². The van der Waals surface area contributed by atoms with E-state index in [-0.39, 0.29) is 11.9 Å². The molecule has 0 aliphatic heterocycles. The highest BCUT2D eigenvalue weighted by molar-refractivity contribution is 6.28. The maximum absolute atomic E-state index is 13.8. The lowest BCUT2D eigenvalue weighted by atomic mass is 10.1. The molecule has 3 nitrogen and oxygen atoms in total. The summed E-state index contributed by atoms with van der Waals surface area (Å²) in [6.45, 7) is 3.95. The summed E-state index contributed by atoms with van der Waals surface area (Å²) >= 11 is 6.04. The number of rotatable bonds is 4. The van der Waals surface area contributed by atoms with Crippen LogP contribution in [0.4, 0.5) is 4.39 Å². The summed E-state index contributed by atoms with van der Waals surface area (Å²) in [6, 6.07) is 6.48. The number of aryl methyl sites for hydroxylation is 1. The Morgan fingerprint density at radius 2 is 2.06 bits per heavy atom. The number of nitrogens with zero attached hydrogens (tertiary/aromatic N) is 3. The quantitative estimate of drug-likeness (QED) is 0.847.